The molecule has 0 radical (unpaired) electrons. The van der Waals surface area contributed by atoms with Gasteiger partial charge in [-0.3, -0.25) is 4.90 Å². The molecule has 0 spiro atoms. The Morgan fingerprint density at radius 2 is 2.33 bits per heavy atom. The number of aromatic nitrogens is 3. The molecule has 0 bridgehead atoms. The fourth-order valence-corrected chi connectivity index (χ4v) is 3.32. The van der Waals surface area contributed by atoms with E-state index in [1.165, 1.54) is 12.8 Å². The second kappa shape index (κ2) is 5.47. The number of morpholine rings is 1. The highest BCUT2D eigenvalue weighted by molar-refractivity contribution is 7.09. The molecule has 2 aromatic heterocycles. The second-order valence-corrected chi connectivity index (χ2v) is 6.59. The minimum atomic E-state index is 0.0482. The zero-order valence-electron chi connectivity index (χ0n) is 11.9. The summed E-state index contributed by atoms with van der Waals surface area (Å²) in [6.07, 6.45) is 4.26. The van der Waals surface area contributed by atoms with Gasteiger partial charge in [0.2, 0.25) is 5.89 Å². The molecule has 2 aromatic rings. The van der Waals surface area contributed by atoms with Crippen molar-refractivity contribution in [3.8, 4) is 0 Å². The lowest BCUT2D eigenvalue weighted by Gasteiger charge is -2.34. The lowest BCUT2D eigenvalue weighted by atomic mass is 10.2. The summed E-state index contributed by atoms with van der Waals surface area (Å²) in [5.74, 6) is 2.13. The minimum absolute atomic E-state index is 0.0482. The average Bonchev–Trinajstić information content (AvgIpc) is 3.05. The molecule has 0 N–H and O–H groups in total. The van der Waals surface area contributed by atoms with E-state index in [9.17, 15) is 0 Å². The monoisotopic (exact) mass is 306 g/mol. The van der Waals surface area contributed by atoms with Crippen LogP contribution in [-0.4, -0.2) is 39.7 Å². The van der Waals surface area contributed by atoms with Crippen LogP contribution < -0.4 is 0 Å². The van der Waals surface area contributed by atoms with Crippen molar-refractivity contribution in [1.82, 2.24) is 20.0 Å². The van der Waals surface area contributed by atoms with Crippen LogP contribution in [0, 0.1) is 0 Å². The zero-order valence-corrected chi connectivity index (χ0v) is 12.8. The number of hydrogen-bond acceptors (Lipinski definition) is 7. The highest BCUT2D eigenvalue weighted by Crippen LogP contribution is 2.39. The van der Waals surface area contributed by atoms with Crippen LogP contribution >= 0.6 is 11.3 Å². The Labute approximate surface area is 127 Å². The van der Waals surface area contributed by atoms with Crippen LogP contribution in [0.4, 0.5) is 0 Å². The van der Waals surface area contributed by atoms with Crippen molar-refractivity contribution >= 4 is 11.3 Å². The van der Waals surface area contributed by atoms with Gasteiger partial charge in [0.15, 0.2) is 5.82 Å². The molecule has 1 saturated carbocycles. The molecular weight excluding hydrogens is 288 g/mol. The quantitative estimate of drug-likeness (QED) is 0.865. The van der Waals surface area contributed by atoms with Crippen LogP contribution in [0.5, 0.6) is 0 Å². The Balaban J connectivity index is 1.46. The molecule has 2 fully saturated rings. The number of ether oxygens (including phenoxy) is 1. The van der Waals surface area contributed by atoms with Gasteiger partial charge in [-0.05, 0) is 19.8 Å². The summed E-state index contributed by atoms with van der Waals surface area (Å²) in [5, 5.41) is 7.13. The predicted molar refractivity (Wildman–Crippen MR) is 77.1 cm³/mol. The molecule has 4 rings (SSSR count). The molecular formula is C14H18N4O2S. The molecule has 0 amide bonds. The van der Waals surface area contributed by atoms with E-state index in [0.717, 1.165) is 29.8 Å². The fraction of sp³-hybridized carbons (Fsp3) is 0.643. The van der Waals surface area contributed by atoms with Crippen LogP contribution in [0.25, 0.3) is 0 Å². The van der Waals surface area contributed by atoms with E-state index < -0.39 is 0 Å². The lowest BCUT2D eigenvalue weighted by Crippen LogP contribution is -2.39. The van der Waals surface area contributed by atoms with E-state index in [1.54, 1.807) is 11.3 Å². The van der Waals surface area contributed by atoms with Crippen LogP contribution in [0.2, 0.25) is 0 Å². The highest BCUT2D eigenvalue weighted by Gasteiger charge is 2.33. The summed E-state index contributed by atoms with van der Waals surface area (Å²) in [5.41, 5.74) is 0. The highest BCUT2D eigenvalue weighted by atomic mass is 32.1. The third kappa shape index (κ3) is 2.73. The summed E-state index contributed by atoms with van der Waals surface area (Å²) < 4.78 is 11.3. The Bertz CT molecular complexity index is 596. The van der Waals surface area contributed by atoms with Gasteiger partial charge in [0.05, 0.1) is 12.6 Å². The Hall–Kier alpha value is -1.31. The SMILES string of the molecule is C[C@H](c1nc(C2CC2)no1)N1CCO[C@@H](c2nccs2)C1. The number of rotatable bonds is 4. The van der Waals surface area contributed by atoms with E-state index in [2.05, 4.69) is 26.9 Å². The second-order valence-electron chi connectivity index (χ2n) is 5.67. The molecule has 6 nitrogen and oxygen atoms in total. The third-order valence-corrected chi connectivity index (χ3v) is 5.00. The van der Waals surface area contributed by atoms with Crippen molar-refractivity contribution in [2.75, 3.05) is 19.7 Å². The molecule has 3 heterocycles. The van der Waals surface area contributed by atoms with Gasteiger partial charge in [-0.25, -0.2) is 4.98 Å². The number of nitrogens with zero attached hydrogens (tertiary/aromatic N) is 4. The van der Waals surface area contributed by atoms with Crippen molar-refractivity contribution < 1.29 is 9.26 Å². The summed E-state index contributed by atoms with van der Waals surface area (Å²) >= 11 is 1.64. The van der Waals surface area contributed by atoms with Gasteiger partial charge < -0.3 is 9.26 Å². The summed E-state index contributed by atoms with van der Waals surface area (Å²) in [4.78, 5) is 11.3. The number of thiazole rings is 1. The van der Waals surface area contributed by atoms with Crippen molar-refractivity contribution in [3.63, 3.8) is 0 Å². The Morgan fingerprint density at radius 1 is 1.43 bits per heavy atom. The van der Waals surface area contributed by atoms with Crippen LogP contribution in [0.1, 0.15) is 54.6 Å². The fourth-order valence-electron chi connectivity index (χ4n) is 2.64. The molecule has 2 atom stereocenters. The van der Waals surface area contributed by atoms with E-state index in [1.807, 2.05) is 11.6 Å². The van der Waals surface area contributed by atoms with Crippen molar-refractivity contribution in [3.05, 3.63) is 28.3 Å². The maximum absolute atomic E-state index is 5.83. The molecule has 1 aliphatic heterocycles. The normalized spacial score (nSPS) is 25.1. The van der Waals surface area contributed by atoms with E-state index >= 15 is 0 Å². The summed E-state index contributed by atoms with van der Waals surface area (Å²) in [6, 6.07) is 0.122. The average molecular weight is 306 g/mol. The smallest absolute Gasteiger partial charge is 0.243 e. The van der Waals surface area contributed by atoms with Gasteiger partial charge in [-0.2, -0.15) is 4.98 Å². The lowest BCUT2D eigenvalue weighted by molar-refractivity contribution is -0.0470. The van der Waals surface area contributed by atoms with Crippen LogP contribution in [0.15, 0.2) is 16.1 Å². The summed E-state index contributed by atoms with van der Waals surface area (Å²) in [7, 11) is 0. The molecule has 0 unspecified atom stereocenters. The van der Waals surface area contributed by atoms with Gasteiger partial charge in [-0.15, -0.1) is 11.3 Å². The molecule has 7 heteroatoms. The first-order chi connectivity index (χ1) is 10.3. The largest absolute Gasteiger partial charge is 0.368 e. The minimum Gasteiger partial charge on any atom is -0.368 e. The van der Waals surface area contributed by atoms with Crippen molar-refractivity contribution in [2.45, 2.75) is 37.8 Å². The van der Waals surface area contributed by atoms with Gasteiger partial charge in [0, 0.05) is 30.6 Å². The topological polar surface area (TPSA) is 64.3 Å². The number of hydrogen-bond donors (Lipinski definition) is 0. The molecule has 21 heavy (non-hydrogen) atoms. The summed E-state index contributed by atoms with van der Waals surface area (Å²) in [6.45, 7) is 4.52. The molecule has 112 valence electrons. The van der Waals surface area contributed by atoms with Gasteiger partial charge >= 0.3 is 0 Å². The van der Waals surface area contributed by atoms with Crippen LogP contribution in [0.3, 0.4) is 0 Å². The first-order valence-corrected chi connectivity index (χ1v) is 8.28. The standard InChI is InChI=1S/C14H18N4O2S/c1-9(13-16-12(17-20-13)10-2-3-10)18-5-6-19-11(8-18)14-15-4-7-21-14/h4,7,9-11H,2-3,5-6,8H2,1H3/t9-,11-/m1/s1. The van der Waals surface area contributed by atoms with Crippen molar-refractivity contribution in [2.24, 2.45) is 0 Å². The Kier molecular flexibility index (Phi) is 3.48. The van der Waals surface area contributed by atoms with Crippen LogP contribution in [-0.2, 0) is 4.74 Å². The zero-order chi connectivity index (χ0) is 14.2. The van der Waals surface area contributed by atoms with Gasteiger partial charge in [0.25, 0.3) is 0 Å². The van der Waals surface area contributed by atoms with Crippen molar-refractivity contribution in [1.29, 1.82) is 0 Å². The molecule has 0 aromatic carbocycles. The maximum Gasteiger partial charge on any atom is 0.243 e. The van der Waals surface area contributed by atoms with Gasteiger partial charge in [-0.1, -0.05) is 5.16 Å². The maximum atomic E-state index is 5.83. The van der Waals surface area contributed by atoms with Gasteiger partial charge in [0.1, 0.15) is 11.1 Å². The first kappa shape index (κ1) is 13.4. The predicted octanol–water partition coefficient (Wildman–Crippen LogP) is 2.54. The van der Waals surface area contributed by atoms with E-state index in [-0.39, 0.29) is 12.1 Å². The third-order valence-electron chi connectivity index (χ3n) is 4.13. The molecule has 1 aliphatic carbocycles. The van der Waals surface area contributed by atoms with E-state index in [0.29, 0.717) is 12.5 Å². The first-order valence-electron chi connectivity index (χ1n) is 7.40. The molecule has 2 aliphatic rings. The Morgan fingerprint density at radius 3 is 3.10 bits per heavy atom. The molecule has 1 saturated heterocycles. The van der Waals surface area contributed by atoms with E-state index in [4.69, 9.17) is 9.26 Å².